The second-order valence-electron chi connectivity index (χ2n) is 6.20. The number of amides is 1. The zero-order valence-electron chi connectivity index (χ0n) is 15.7. The van der Waals surface area contributed by atoms with Crippen molar-refractivity contribution in [3.05, 3.63) is 95.0 Å². The smallest absolute Gasteiger partial charge is 0.336 e. The Hall–Kier alpha value is -3.72. The van der Waals surface area contributed by atoms with E-state index in [2.05, 4.69) is 20.6 Å². The van der Waals surface area contributed by atoms with Gasteiger partial charge >= 0.3 is 6.18 Å². The highest BCUT2D eigenvalue weighted by molar-refractivity contribution is 6.34. The van der Waals surface area contributed by atoms with Crippen LogP contribution in [0.5, 0.6) is 0 Å². The number of anilines is 2. The number of halogens is 4. The molecule has 1 aromatic carbocycles. The van der Waals surface area contributed by atoms with Crippen LogP contribution in [-0.2, 0) is 0 Å². The highest BCUT2D eigenvalue weighted by Crippen LogP contribution is 2.27. The van der Waals surface area contributed by atoms with E-state index in [1.165, 1.54) is 42.9 Å². The number of carbonyl (C=O) groups is 1. The lowest BCUT2D eigenvalue weighted by molar-refractivity contribution is -0.0901. The van der Waals surface area contributed by atoms with Gasteiger partial charge in [0.15, 0.2) is 0 Å². The molecule has 0 unspecified atom stereocenters. The van der Waals surface area contributed by atoms with Crippen LogP contribution >= 0.6 is 11.6 Å². The number of aromatic nitrogens is 2. The van der Waals surface area contributed by atoms with Crippen molar-refractivity contribution in [1.29, 1.82) is 5.41 Å². The van der Waals surface area contributed by atoms with Gasteiger partial charge in [-0.1, -0.05) is 23.7 Å². The van der Waals surface area contributed by atoms with Crippen LogP contribution in [0.25, 0.3) is 0 Å². The highest BCUT2D eigenvalue weighted by Gasteiger charge is 2.34. The Morgan fingerprint density at radius 3 is 2.42 bits per heavy atom. The summed E-state index contributed by atoms with van der Waals surface area (Å²) in [7, 11) is 0. The number of alkyl halides is 3. The fraction of sp³-hybridized carbons (Fsp3) is 0.0476. The topological polar surface area (TPSA) is 90.8 Å². The number of rotatable bonds is 6. The number of nitrogens with one attached hydrogen (secondary N) is 3. The van der Waals surface area contributed by atoms with Crippen molar-refractivity contribution in [3.8, 4) is 0 Å². The Kier molecular flexibility index (Phi) is 6.66. The van der Waals surface area contributed by atoms with E-state index in [1.54, 1.807) is 24.3 Å². The van der Waals surface area contributed by atoms with E-state index >= 15 is 0 Å². The van der Waals surface area contributed by atoms with Crippen LogP contribution in [0, 0.1) is 5.41 Å². The highest BCUT2D eigenvalue weighted by atomic mass is 35.5. The molecule has 0 radical (unpaired) electrons. The maximum absolute atomic E-state index is 13.4. The predicted molar refractivity (Wildman–Crippen MR) is 112 cm³/mol. The van der Waals surface area contributed by atoms with Crippen molar-refractivity contribution in [2.75, 3.05) is 10.6 Å². The van der Waals surface area contributed by atoms with Crippen molar-refractivity contribution in [1.82, 2.24) is 9.97 Å². The van der Waals surface area contributed by atoms with E-state index in [0.29, 0.717) is 6.08 Å². The number of carbonyl (C=O) groups excluding carboxylic acids is 1. The lowest BCUT2D eigenvalue weighted by Crippen LogP contribution is -2.21. The maximum Gasteiger partial charge on any atom is 0.431 e. The molecule has 2 heterocycles. The molecule has 0 saturated carbocycles. The van der Waals surface area contributed by atoms with Crippen LogP contribution in [0.4, 0.5) is 24.7 Å². The van der Waals surface area contributed by atoms with Crippen molar-refractivity contribution < 1.29 is 18.0 Å². The lowest BCUT2D eigenvalue weighted by atomic mass is 10.1. The third-order valence-electron chi connectivity index (χ3n) is 3.97. The van der Waals surface area contributed by atoms with Gasteiger partial charge in [-0.15, -0.1) is 0 Å². The Morgan fingerprint density at radius 1 is 1.03 bits per heavy atom. The first-order chi connectivity index (χ1) is 14.7. The Bertz CT molecular complexity index is 1120. The largest absolute Gasteiger partial charge is 0.431 e. The summed E-state index contributed by atoms with van der Waals surface area (Å²) in [5, 5.41) is 12.9. The van der Waals surface area contributed by atoms with Crippen molar-refractivity contribution in [2.45, 2.75) is 6.18 Å². The molecule has 3 aromatic rings. The van der Waals surface area contributed by atoms with Crippen LogP contribution < -0.4 is 10.6 Å². The quantitative estimate of drug-likeness (QED) is 0.448. The molecule has 31 heavy (non-hydrogen) atoms. The van der Waals surface area contributed by atoms with Crippen LogP contribution in [0.1, 0.15) is 15.9 Å². The van der Waals surface area contributed by atoms with Gasteiger partial charge in [0.1, 0.15) is 11.5 Å². The van der Waals surface area contributed by atoms with Crippen LogP contribution in [0.3, 0.4) is 0 Å². The SMILES string of the molecule is N=C(/C=C(\Nc1ccc(NC(=O)c2ccccc2Cl)cn1)C(F)(F)F)c1cccnc1. The van der Waals surface area contributed by atoms with Gasteiger partial charge in [-0.25, -0.2) is 4.98 Å². The van der Waals surface area contributed by atoms with Gasteiger partial charge in [0.2, 0.25) is 0 Å². The first kappa shape index (κ1) is 22.0. The predicted octanol–water partition coefficient (Wildman–Crippen LogP) is 5.31. The third kappa shape index (κ3) is 5.89. The molecule has 0 spiro atoms. The lowest BCUT2D eigenvalue weighted by Gasteiger charge is -2.14. The van der Waals surface area contributed by atoms with E-state index in [4.69, 9.17) is 17.0 Å². The van der Waals surface area contributed by atoms with Gasteiger partial charge in [-0.2, -0.15) is 13.2 Å². The molecule has 1 amide bonds. The monoisotopic (exact) mass is 445 g/mol. The summed E-state index contributed by atoms with van der Waals surface area (Å²) >= 11 is 5.98. The molecule has 10 heteroatoms. The molecule has 0 aliphatic heterocycles. The van der Waals surface area contributed by atoms with Gasteiger partial charge in [-0.3, -0.25) is 9.78 Å². The standard InChI is InChI=1S/C21H15ClF3N5O/c22-16-6-2-1-5-15(16)20(31)29-14-7-8-19(28-12-14)30-18(21(23,24)25)10-17(26)13-4-3-9-27-11-13/h1-12,26H,(H,28,30)(H,29,31)/b18-10-,26-17?. The molecular weight excluding hydrogens is 431 g/mol. The molecule has 3 N–H and O–H groups in total. The summed E-state index contributed by atoms with van der Waals surface area (Å²) in [6.07, 6.45) is -0.128. The van der Waals surface area contributed by atoms with E-state index < -0.39 is 17.8 Å². The number of nitrogens with zero attached hydrogens (tertiary/aromatic N) is 2. The number of hydrogen-bond acceptors (Lipinski definition) is 5. The molecular formula is C21H15ClF3N5O. The summed E-state index contributed by atoms with van der Waals surface area (Å²) in [6, 6.07) is 12.1. The number of pyridine rings is 2. The molecule has 2 aromatic heterocycles. The van der Waals surface area contributed by atoms with Crippen molar-refractivity contribution in [2.24, 2.45) is 0 Å². The number of hydrogen-bond donors (Lipinski definition) is 3. The van der Waals surface area contributed by atoms with E-state index in [9.17, 15) is 18.0 Å². The summed E-state index contributed by atoms with van der Waals surface area (Å²) in [5.74, 6) is -0.591. The Labute approximate surface area is 180 Å². The van der Waals surface area contributed by atoms with Gasteiger partial charge in [-0.05, 0) is 42.5 Å². The molecule has 6 nitrogen and oxygen atoms in total. The minimum Gasteiger partial charge on any atom is -0.336 e. The number of benzene rings is 1. The van der Waals surface area contributed by atoms with Crippen molar-refractivity contribution >= 4 is 34.7 Å². The van der Waals surface area contributed by atoms with E-state index in [-0.39, 0.29) is 33.4 Å². The van der Waals surface area contributed by atoms with Crippen molar-refractivity contribution in [3.63, 3.8) is 0 Å². The summed E-state index contributed by atoms with van der Waals surface area (Å²) in [4.78, 5) is 20.0. The second kappa shape index (κ2) is 9.40. The summed E-state index contributed by atoms with van der Waals surface area (Å²) in [5.41, 5.74) is -0.770. The van der Waals surface area contributed by atoms with E-state index in [1.807, 2.05) is 0 Å². The zero-order chi connectivity index (χ0) is 22.4. The van der Waals surface area contributed by atoms with Crippen LogP contribution in [-0.4, -0.2) is 27.8 Å². The first-order valence-electron chi connectivity index (χ1n) is 8.81. The van der Waals surface area contributed by atoms with Gasteiger partial charge in [0.25, 0.3) is 5.91 Å². The fourth-order valence-electron chi connectivity index (χ4n) is 2.46. The molecule has 0 aliphatic carbocycles. The normalized spacial score (nSPS) is 11.7. The Balaban J connectivity index is 1.74. The van der Waals surface area contributed by atoms with Crippen LogP contribution in [0.2, 0.25) is 5.02 Å². The molecule has 0 bridgehead atoms. The molecule has 3 rings (SSSR count). The van der Waals surface area contributed by atoms with Gasteiger partial charge in [0, 0.05) is 18.0 Å². The molecule has 158 valence electrons. The average molecular weight is 446 g/mol. The van der Waals surface area contributed by atoms with Gasteiger partial charge in [0.05, 0.1) is 28.2 Å². The maximum atomic E-state index is 13.4. The van der Waals surface area contributed by atoms with Crippen LogP contribution in [0.15, 0.2) is 78.9 Å². The summed E-state index contributed by atoms with van der Waals surface area (Å²) < 4.78 is 40.3. The molecule has 0 saturated heterocycles. The Morgan fingerprint density at radius 2 is 1.81 bits per heavy atom. The average Bonchev–Trinajstić information content (AvgIpc) is 2.74. The van der Waals surface area contributed by atoms with Gasteiger partial charge < -0.3 is 16.0 Å². The zero-order valence-corrected chi connectivity index (χ0v) is 16.5. The minimum atomic E-state index is -4.74. The first-order valence-corrected chi connectivity index (χ1v) is 9.18. The third-order valence-corrected chi connectivity index (χ3v) is 4.30. The minimum absolute atomic E-state index is 0.113. The second-order valence-corrected chi connectivity index (χ2v) is 6.61. The fourth-order valence-corrected chi connectivity index (χ4v) is 2.68. The summed E-state index contributed by atoms with van der Waals surface area (Å²) in [6.45, 7) is 0. The molecule has 0 fully saturated rings. The molecule has 0 atom stereocenters. The van der Waals surface area contributed by atoms with E-state index in [0.717, 1.165) is 0 Å². The molecule has 0 aliphatic rings. The number of allylic oxidation sites excluding steroid dienone is 2.